The Bertz CT molecular complexity index is 1240. The number of ether oxygens (including phenoxy) is 1. The van der Waals surface area contributed by atoms with Gasteiger partial charge in [-0.15, -0.1) is 0 Å². The van der Waals surface area contributed by atoms with E-state index in [2.05, 4.69) is 40.3 Å². The zero-order valence-corrected chi connectivity index (χ0v) is 19.6. The third kappa shape index (κ3) is 4.59. The summed E-state index contributed by atoms with van der Waals surface area (Å²) in [5.74, 6) is 0.375. The molecule has 0 saturated carbocycles. The lowest BCUT2D eigenvalue weighted by Gasteiger charge is -2.18. The van der Waals surface area contributed by atoms with Gasteiger partial charge in [-0.2, -0.15) is 0 Å². The zero-order valence-electron chi connectivity index (χ0n) is 19.6. The van der Waals surface area contributed by atoms with Crippen molar-refractivity contribution in [2.24, 2.45) is 0 Å². The number of nitrogens with one attached hydrogen (secondary N) is 2. The Labute approximate surface area is 200 Å². The van der Waals surface area contributed by atoms with Crippen LogP contribution in [0.4, 0.5) is 0 Å². The van der Waals surface area contributed by atoms with Crippen LogP contribution < -0.4 is 10.1 Å². The van der Waals surface area contributed by atoms with E-state index < -0.39 is 0 Å². The fraction of sp³-hybridized carbons (Fsp3) is 0.321. The maximum Gasteiger partial charge on any atom is 0.255 e. The molecule has 2 aliphatic rings. The topological polar surface area (TPSA) is 78.3 Å². The summed E-state index contributed by atoms with van der Waals surface area (Å²) < 4.78 is 5.73. The average Bonchev–Trinajstić information content (AvgIpc) is 3.19. The molecule has 6 nitrogen and oxygen atoms in total. The molecule has 34 heavy (non-hydrogen) atoms. The summed E-state index contributed by atoms with van der Waals surface area (Å²) in [4.78, 5) is 19.2. The number of carbonyl (C=O) groups is 1. The molecule has 0 fully saturated rings. The summed E-state index contributed by atoms with van der Waals surface area (Å²) in [6.45, 7) is 6.52. The highest BCUT2D eigenvalue weighted by molar-refractivity contribution is 6.12. The quantitative estimate of drug-likeness (QED) is 0.569. The average molecular weight is 455 g/mol. The molecule has 1 aromatic heterocycles. The molecule has 0 unspecified atom stereocenters. The summed E-state index contributed by atoms with van der Waals surface area (Å²) >= 11 is 0. The van der Waals surface area contributed by atoms with Crippen molar-refractivity contribution in [2.45, 2.75) is 26.2 Å². The lowest BCUT2D eigenvalue weighted by molar-refractivity contribution is 0.0957. The fourth-order valence-electron chi connectivity index (χ4n) is 4.80. The highest BCUT2D eigenvalue weighted by Crippen LogP contribution is 2.27. The monoisotopic (exact) mass is 454 g/mol. The predicted molar refractivity (Wildman–Crippen MR) is 134 cm³/mol. The van der Waals surface area contributed by atoms with Crippen molar-refractivity contribution in [3.63, 3.8) is 0 Å². The van der Waals surface area contributed by atoms with Gasteiger partial charge >= 0.3 is 0 Å². The van der Waals surface area contributed by atoms with Gasteiger partial charge in [0.2, 0.25) is 0 Å². The number of pyridine rings is 1. The van der Waals surface area contributed by atoms with Gasteiger partial charge in [0, 0.05) is 42.2 Å². The second-order valence-electron chi connectivity index (χ2n) is 8.98. The Hall–Kier alpha value is -3.51. The van der Waals surface area contributed by atoms with Gasteiger partial charge in [0.05, 0.1) is 17.8 Å². The van der Waals surface area contributed by atoms with Gasteiger partial charge in [0.1, 0.15) is 12.4 Å². The minimum Gasteiger partial charge on any atom is -0.491 e. The highest BCUT2D eigenvalue weighted by atomic mass is 16.5. The van der Waals surface area contributed by atoms with Crippen LogP contribution in [0.25, 0.3) is 11.1 Å². The Morgan fingerprint density at radius 3 is 2.74 bits per heavy atom. The Balaban J connectivity index is 1.40. The van der Waals surface area contributed by atoms with Crippen molar-refractivity contribution in [1.82, 2.24) is 15.2 Å². The van der Waals surface area contributed by atoms with Gasteiger partial charge in [-0.25, -0.2) is 0 Å². The molecule has 3 heterocycles. The van der Waals surface area contributed by atoms with E-state index in [1.165, 1.54) is 17.5 Å². The number of amides is 1. The molecule has 0 aliphatic carbocycles. The number of rotatable bonds is 5. The molecule has 2 N–H and O–H groups in total. The standard InChI is InChI=1S/C28H30N4O2/c1-2-10-32-11-7-19-3-4-20(14-21(19)8-12-32)23-15-24(18-30-17-23)27(29)22-5-6-25-26(16-22)34-13-9-31-28(25)33/h3-6,14-18,29H,2,7-13H2,1H3,(H,31,33). The number of hydrogen-bond acceptors (Lipinski definition) is 5. The van der Waals surface area contributed by atoms with E-state index in [1.807, 2.05) is 12.3 Å². The minimum atomic E-state index is -0.143. The lowest BCUT2D eigenvalue weighted by atomic mass is 9.95. The molecule has 2 aliphatic heterocycles. The van der Waals surface area contributed by atoms with E-state index >= 15 is 0 Å². The second kappa shape index (κ2) is 9.77. The Kier molecular flexibility index (Phi) is 6.41. The van der Waals surface area contributed by atoms with Gasteiger partial charge in [0.25, 0.3) is 5.91 Å². The van der Waals surface area contributed by atoms with Crippen LogP contribution in [0.1, 0.15) is 46.0 Å². The number of fused-ring (bicyclic) bond motifs is 2. The lowest BCUT2D eigenvalue weighted by Crippen LogP contribution is -2.27. The largest absolute Gasteiger partial charge is 0.491 e. The zero-order chi connectivity index (χ0) is 23.5. The van der Waals surface area contributed by atoms with Gasteiger partial charge in [-0.3, -0.25) is 15.2 Å². The molecular formula is C28H30N4O2. The molecule has 6 heteroatoms. The summed E-state index contributed by atoms with van der Waals surface area (Å²) in [7, 11) is 0. The third-order valence-corrected chi connectivity index (χ3v) is 6.66. The molecule has 0 saturated heterocycles. The molecule has 0 spiro atoms. The first kappa shape index (κ1) is 22.3. The number of aromatic nitrogens is 1. The Morgan fingerprint density at radius 1 is 1.03 bits per heavy atom. The number of carbonyl (C=O) groups excluding carboxylic acids is 1. The first-order valence-electron chi connectivity index (χ1n) is 12.1. The maximum absolute atomic E-state index is 12.2. The first-order chi connectivity index (χ1) is 16.6. The summed E-state index contributed by atoms with van der Waals surface area (Å²) in [5.41, 5.74) is 7.28. The Morgan fingerprint density at radius 2 is 1.88 bits per heavy atom. The van der Waals surface area contributed by atoms with Crippen LogP contribution in [0.3, 0.4) is 0 Å². The fourth-order valence-corrected chi connectivity index (χ4v) is 4.80. The molecular weight excluding hydrogens is 424 g/mol. The van der Waals surface area contributed by atoms with Gasteiger partial charge in [-0.05, 0) is 60.7 Å². The first-order valence-corrected chi connectivity index (χ1v) is 12.1. The number of nitrogens with zero attached hydrogens (tertiary/aromatic N) is 2. The smallest absolute Gasteiger partial charge is 0.255 e. The summed E-state index contributed by atoms with van der Waals surface area (Å²) in [6.07, 6.45) is 6.93. The highest BCUT2D eigenvalue weighted by Gasteiger charge is 2.19. The van der Waals surface area contributed by atoms with Crippen molar-refractivity contribution in [3.8, 4) is 16.9 Å². The molecule has 1 amide bonds. The molecule has 2 aromatic carbocycles. The molecule has 174 valence electrons. The van der Waals surface area contributed by atoms with Crippen LogP contribution in [-0.2, 0) is 12.8 Å². The molecule has 0 bridgehead atoms. The maximum atomic E-state index is 12.2. The van der Waals surface area contributed by atoms with Crippen LogP contribution >= 0.6 is 0 Å². The minimum absolute atomic E-state index is 0.143. The van der Waals surface area contributed by atoms with Crippen molar-refractivity contribution in [1.29, 1.82) is 5.41 Å². The molecule has 5 rings (SSSR count). The van der Waals surface area contributed by atoms with Crippen LogP contribution in [0.5, 0.6) is 5.75 Å². The van der Waals surface area contributed by atoms with Gasteiger partial charge < -0.3 is 15.0 Å². The van der Waals surface area contributed by atoms with E-state index in [9.17, 15) is 4.79 Å². The van der Waals surface area contributed by atoms with Crippen LogP contribution in [0.2, 0.25) is 0 Å². The SMILES string of the molecule is CCCN1CCc2ccc(-c3cncc(C(=N)c4ccc5c(c4)OCCNC5=O)c3)cc2CC1. The van der Waals surface area contributed by atoms with E-state index in [0.29, 0.717) is 35.7 Å². The van der Waals surface area contributed by atoms with Crippen molar-refractivity contribution >= 4 is 11.6 Å². The van der Waals surface area contributed by atoms with Crippen molar-refractivity contribution < 1.29 is 9.53 Å². The van der Waals surface area contributed by atoms with Gasteiger partial charge in [-0.1, -0.05) is 31.2 Å². The van der Waals surface area contributed by atoms with Crippen LogP contribution in [-0.4, -0.2) is 54.3 Å². The summed E-state index contributed by atoms with van der Waals surface area (Å²) in [6, 6.07) is 14.1. The van der Waals surface area contributed by atoms with E-state index in [1.54, 1.807) is 24.4 Å². The number of benzene rings is 2. The molecule has 0 radical (unpaired) electrons. The van der Waals surface area contributed by atoms with Crippen LogP contribution in [0, 0.1) is 5.41 Å². The van der Waals surface area contributed by atoms with Crippen molar-refractivity contribution in [2.75, 3.05) is 32.8 Å². The number of hydrogen-bond donors (Lipinski definition) is 2. The molecule has 3 aromatic rings. The third-order valence-electron chi connectivity index (χ3n) is 6.66. The van der Waals surface area contributed by atoms with Crippen LogP contribution in [0.15, 0.2) is 54.9 Å². The predicted octanol–water partition coefficient (Wildman–Crippen LogP) is 4.10. The van der Waals surface area contributed by atoms with Gasteiger partial charge in [0.15, 0.2) is 0 Å². The van der Waals surface area contributed by atoms with E-state index in [-0.39, 0.29) is 5.91 Å². The van der Waals surface area contributed by atoms with E-state index in [4.69, 9.17) is 10.1 Å². The molecule has 0 atom stereocenters. The summed E-state index contributed by atoms with van der Waals surface area (Å²) in [5, 5.41) is 11.6. The second-order valence-corrected chi connectivity index (χ2v) is 8.98. The van der Waals surface area contributed by atoms with Crippen molar-refractivity contribution in [3.05, 3.63) is 82.7 Å². The normalized spacial score (nSPS) is 15.9. The van der Waals surface area contributed by atoms with E-state index in [0.717, 1.165) is 49.2 Å².